The maximum atomic E-state index is 13.9. The van der Waals surface area contributed by atoms with Crippen LogP contribution in [0.4, 0.5) is 15.9 Å². The van der Waals surface area contributed by atoms with Crippen LogP contribution in [0.5, 0.6) is 0 Å². The molecule has 10 heteroatoms. The summed E-state index contributed by atoms with van der Waals surface area (Å²) < 4.78 is 42.8. The van der Waals surface area contributed by atoms with E-state index in [0.29, 0.717) is 6.54 Å². The van der Waals surface area contributed by atoms with Crippen molar-refractivity contribution in [3.8, 4) is 6.07 Å². The lowest BCUT2D eigenvalue weighted by Gasteiger charge is -2.08. The third-order valence-corrected chi connectivity index (χ3v) is 4.90. The second-order valence-electron chi connectivity index (χ2n) is 5.00. The lowest BCUT2D eigenvalue weighted by Crippen LogP contribution is -2.14. The smallest absolute Gasteiger partial charge is 0.267 e. The molecule has 0 spiro atoms. The maximum absolute atomic E-state index is 13.9. The number of nitrogens with one attached hydrogen (secondary N) is 2. The number of H-pyrrole nitrogens is 1. The Morgan fingerprint density at radius 1 is 1.50 bits per heavy atom. The van der Waals surface area contributed by atoms with E-state index in [2.05, 4.69) is 14.8 Å². The first kappa shape index (κ1) is 15.8. The maximum Gasteiger partial charge on any atom is 0.267 e. The summed E-state index contributed by atoms with van der Waals surface area (Å²) in [6.45, 7) is 2.25. The van der Waals surface area contributed by atoms with Crippen molar-refractivity contribution >= 4 is 32.4 Å². The highest BCUT2D eigenvalue weighted by Gasteiger charge is 2.23. The van der Waals surface area contributed by atoms with Crippen LogP contribution < -0.4 is 10.5 Å². The lowest BCUT2D eigenvalue weighted by atomic mass is 10.1. The van der Waals surface area contributed by atoms with E-state index in [4.69, 9.17) is 11.0 Å². The van der Waals surface area contributed by atoms with Crippen LogP contribution in [0.3, 0.4) is 0 Å². The number of nitrogens with zero attached hydrogens (tertiary/aromatic N) is 3. The number of rotatable bonds is 4. The summed E-state index contributed by atoms with van der Waals surface area (Å²) in [6, 6.07) is 4.21. The number of hydrogen-bond donors (Lipinski definition) is 3. The number of aromatic nitrogens is 3. The van der Waals surface area contributed by atoms with Gasteiger partial charge in [0.25, 0.3) is 10.0 Å². The molecule has 0 saturated carbocycles. The number of aromatic amines is 1. The normalized spacial score (nSPS) is 11.5. The number of hydrogen-bond acceptors (Lipinski definition) is 5. The Morgan fingerprint density at radius 2 is 2.25 bits per heavy atom. The van der Waals surface area contributed by atoms with Crippen molar-refractivity contribution < 1.29 is 12.8 Å². The molecule has 3 aromatic rings. The van der Waals surface area contributed by atoms with Crippen molar-refractivity contribution in [1.82, 2.24) is 14.8 Å². The largest absolute Gasteiger partial charge is 0.381 e. The highest BCUT2D eigenvalue weighted by Crippen LogP contribution is 2.30. The van der Waals surface area contributed by atoms with Crippen molar-refractivity contribution in [2.45, 2.75) is 18.4 Å². The molecular formula is C14H13FN6O2S. The average Bonchev–Trinajstić information content (AvgIpc) is 3.14. The zero-order chi connectivity index (χ0) is 17.5. The summed E-state index contributed by atoms with van der Waals surface area (Å²) in [5, 5.41) is 12.9. The lowest BCUT2D eigenvalue weighted by molar-refractivity contribution is 0.600. The molecule has 124 valence electrons. The number of benzene rings is 1. The van der Waals surface area contributed by atoms with E-state index < -0.39 is 15.8 Å². The van der Waals surface area contributed by atoms with Gasteiger partial charge in [0.2, 0.25) is 0 Å². The molecule has 4 N–H and O–H groups in total. The molecular weight excluding hydrogens is 335 g/mol. The molecule has 1 aromatic carbocycles. The summed E-state index contributed by atoms with van der Waals surface area (Å²) in [4.78, 5) is 2.54. The minimum atomic E-state index is -4.02. The molecule has 0 aliphatic carbocycles. The monoisotopic (exact) mass is 348 g/mol. The number of halogens is 1. The third kappa shape index (κ3) is 2.44. The van der Waals surface area contributed by atoms with Crippen molar-refractivity contribution in [1.29, 1.82) is 5.26 Å². The van der Waals surface area contributed by atoms with Crippen molar-refractivity contribution in [3.05, 3.63) is 35.9 Å². The standard InChI is InChI=1S/C14H13FN6O2S/c1-2-21-7-11(14(17)19-21)24(22,23)20-10-4-3-9(15)12-8(5-16)6-18-13(10)12/h3-4,6-7,18,20H,2H2,1H3,(H2,17,19). The number of nitrogen functional groups attached to an aromatic ring is 1. The quantitative estimate of drug-likeness (QED) is 0.661. The summed E-state index contributed by atoms with van der Waals surface area (Å²) in [6.07, 6.45) is 2.63. The average molecular weight is 348 g/mol. The van der Waals surface area contributed by atoms with Gasteiger partial charge < -0.3 is 10.7 Å². The second kappa shape index (κ2) is 5.54. The molecule has 0 amide bonds. The first-order valence-electron chi connectivity index (χ1n) is 6.92. The highest BCUT2D eigenvalue weighted by molar-refractivity contribution is 7.92. The number of fused-ring (bicyclic) bond motifs is 1. The second-order valence-corrected chi connectivity index (χ2v) is 6.65. The van der Waals surface area contributed by atoms with Crippen molar-refractivity contribution in [3.63, 3.8) is 0 Å². The fraction of sp³-hybridized carbons (Fsp3) is 0.143. The topological polar surface area (TPSA) is 130 Å². The van der Waals surface area contributed by atoms with E-state index in [1.54, 1.807) is 6.92 Å². The molecule has 2 aromatic heterocycles. The Morgan fingerprint density at radius 3 is 2.88 bits per heavy atom. The number of nitrogens with two attached hydrogens (primary N) is 1. The SMILES string of the molecule is CCn1cc(S(=O)(=O)Nc2ccc(F)c3c(C#N)c[nH]c23)c(N)n1. The van der Waals surface area contributed by atoms with Crippen LogP contribution in [-0.2, 0) is 16.6 Å². The minimum absolute atomic E-state index is 0.0231. The van der Waals surface area contributed by atoms with E-state index in [1.807, 2.05) is 6.07 Å². The van der Waals surface area contributed by atoms with Crippen LogP contribution in [0.25, 0.3) is 10.9 Å². The fourth-order valence-electron chi connectivity index (χ4n) is 2.37. The van der Waals surface area contributed by atoms with Gasteiger partial charge in [0.15, 0.2) is 5.82 Å². The van der Waals surface area contributed by atoms with E-state index in [-0.39, 0.29) is 32.9 Å². The van der Waals surface area contributed by atoms with Gasteiger partial charge in [0, 0.05) is 18.9 Å². The summed E-state index contributed by atoms with van der Waals surface area (Å²) in [5.74, 6) is -0.754. The molecule has 0 aliphatic heterocycles. The predicted octanol–water partition coefficient (Wildman–Crippen LogP) is 1.78. The number of nitriles is 1. The first-order chi connectivity index (χ1) is 11.4. The molecule has 0 atom stereocenters. The van der Waals surface area contributed by atoms with Gasteiger partial charge in [0.05, 0.1) is 22.2 Å². The molecule has 24 heavy (non-hydrogen) atoms. The Labute approximate surface area is 136 Å². The van der Waals surface area contributed by atoms with Gasteiger partial charge in [0.1, 0.15) is 16.8 Å². The molecule has 0 saturated heterocycles. The van der Waals surface area contributed by atoms with Crippen molar-refractivity contribution in [2.75, 3.05) is 10.5 Å². The van der Waals surface area contributed by atoms with Gasteiger partial charge >= 0.3 is 0 Å². The van der Waals surface area contributed by atoms with E-state index in [0.717, 1.165) is 6.07 Å². The summed E-state index contributed by atoms with van der Waals surface area (Å²) >= 11 is 0. The van der Waals surface area contributed by atoms with E-state index >= 15 is 0 Å². The van der Waals surface area contributed by atoms with Crippen LogP contribution in [0.1, 0.15) is 12.5 Å². The summed E-state index contributed by atoms with van der Waals surface area (Å²) in [7, 11) is -4.02. The Balaban J connectivity index is 2.09. The Hall–Kier alpha value is -3.06. The zero-order valence-corrected chi connectivity index (χ0v) is 13.4. The van der Waals surface area contributed by atoms with Crippen LogP contribution >= 0.6 is 0 Å². The van der Waals surface area contributed by atoms with Gasteiger partial charge in [-0.3, -0.25) is 9.40 Å². The molecule has 0 aliphatic rings. The summed E-state index contributed by atoms with van der Waals surface area (Å²) in [5.41, 5.74) is 6.03. The highest BCUT2D eigenvalue weighted by atomic mass is 32.2. The van der Waals surface area contributed by atoms with Gasteiger partial charge in [-0.15, -0.1) is 0 Å². The fourth-order valence-corrected chi connectivity index (χ4v) is 3.51. The Kier molecular flexibility index (Phi) is 3.65. The molecule has 3 rings (SSSR count). The van der Waals surface area contributed by atoms with Gasteiger partial charge in [-0.25, -0.2) is 12.8 Å². The zero-order valence-electron chi connectivity index (χ0n) is 12.5. The predicted molar refractivity (Wildman–Crippen MR) is 86.1 cm³/mol. The van der Waals surface area contributed by atoms with E-state index in [9.17, 15) is 12.8 Å². The van der Waals surface area contributed by atoms with Gasteiger partial charge in [-0.05, 0) is 19.1 Å². The molecule has 0 unspecified atom stereocenters. The van der Waals surface area contributed by atoms with Crippen LogP contribution in [-0.4, -0.2) is 23.2 Å². The number of aryl methyl sites for hydroxylation is 1. The van der Waals surface area contributed by atoms with Gasteiger partial charge in [-0.2, -0.15) is 10.4 Å². The molecule has 8 nitrogen and oxygen atoms in total. The van der Waals surface area contributed by atoms with Crippen LogP contribution in [0.2, 0.25) is 0 Å². The van der Waals surface area contributed by atoms with Crippen LogP contribution in [0, 0.1) is 17.1 Å². The first-order valence-corrected chi connectivity index (χ1v) is 8.41. The third-order valence-electron chi connectivity index (χ3n) is 3.52. The number of sulfonamides is 1. The van der Waals surface area contributed by atoms with Crippen LogP contribution in [0.15, 0.2) is 29.4 Å². The van der Waals surface area contributed by atoms with Gasteiger partial charge in [-0.1, -0.05) is 0 Å². The molecule has 0 bridgehead atoms. The molecule has 2 heterocycles. The van der Waals surface area contributed by atoms with Crippen molar-refractivity contribution in [2.24, 2.45) is 0 Å². The number of anilines is 2. The Bertz CT molecular complexity index is 1080. The minimum Gasteiger partial charge on any atom is -0.381 e. The molecule has 0 radical (unpaired) electrons. The molecule has 0 fully saturated rings. The van der Waals surface area contributed by atoms with E-state index in [1.165, 1.54) is 23.1 Å².